The maximum atomic E-state index is 11.7. The van der Waals surface area contributed by atoms with E-state index in [1.807, 2.05) is 0 Å². The van der Waals surface area contributed by atoms with Gasteiger partial charge >= 0.3 is 0 Å². The van der Waals surface area contributed by atoms with Crippen molar-refractivity contribution in [1.29, 1.82) is 0 Å². The summed E-state index contributed by atoms with van der Waals surface area (Å²) in [7, 11) is 0. The highest BCUT2D eigenvalue weighted by atomic mass is 79.9. The van der Waals surface area contributed by atoms with Crippen molar-refractivity contribution in [2.24, 2.45) is 0 Å². The van der Waals surface area contributed by atoms with Gasteiger partial charge in [-0.1, -0.05) is 122 Å². The summed E-state index contributed by atoms with van der Waals surface area (Å²) < 4.78 is 2.36. The standard InChI is InChI=1S/C33H44Br2O2/c1-3-4-5-13-20-33(21-14-11-9-7-6-8-10-12-15-28(37)22-25(2)36)31-23-26(34)16-18-29(31)30-19-17-27(35)24-32(30)33/h16-19,23-24H,3-15,20-22H2,1-2H3. The van der Waals surface area contributed by atoms with E-state index in [1.54, 1.807) is 0 Å². The summed E-state index contributed by atoms with van der Waals surface area (Å²) in [4.78, 5) is 22.7. The van der Waals surface area contributed by atoms with Gasteiger partial charge in [0.1, 0.15) is 11.6 Å². The molecule has 0 amide bonds. The van der Waals surface area contributed by atoms with Crippen molar-refractivity contribution < 1.29 is 9.59 Å². The maximum Gasteiger partial charge on any atom is 0.140 e. The van der Waals surface area contributed by atoms with Gasteiger partial charge in [0, 0.05) is 20.8 Å². The minimum atomic E-state index is -0.0161. The van der Waals surface area contributed by atoms with E-state index in [4.69, 9.17) is 0 Å². The molecule has 0 unspecified atom stereocenters. The number of rotatable bonds is 18. The van der Waals surface area contributed by atoms with Gasteiger partial charge < -0.3 is 0 Å². The number of carbonyl (C=O) groups is 2. The van der Waals surface area contributed by atoms with Crippen LogP contribution >= 0.6 is 31.9 Å². The summed E-state index contributed by atoms with van der Waals surface area (Å²) in [6.07, 6.45) is 17.8. The molecule has 0 radical (unpaired) electrons. The second-order valence-electron chi connectivity index (χ2n) is 11.0. The zero-order valence-corrected chi connectivity index (χ0v) is 26.0. The fraction of sp³-hybridized carbons (Fsp3) is 0.576. The number of hydrogen-bond acceptors (Lipinski definition) is 2. The molecular weight excluding hydrogens is 588 g/mol. The Bertz CT molecular complexity index is 991. The van der Waals surface area contributed by atoms with Gasteiger partial charge in [0.25, 0.3) is 0 Å². The third-order valence-electron chi connectivity index (χ3n) is 8.00. The molecule has 2 aromatic carbocycles. The lowest BCUT2D eigenvalue weighted by molar-refractivity contribution is -0.125. The topological polar surface area (TPSA) is 34.1 Å². The lowest BCUT2D eigenvalue weighted by Crippen LogP contribution is -2.25. The average Bonchev–Trinajstić information content (AvgIpc) is 3.11. The van der Waals surface area contributed by atoms with Gasteiger partial charge in [0.2, 0.25) is 0 Å². The van der Waals surface area contributed by atoms with Crippen molar-refractivity contribution in [3.05, 3.63) is 56.5 Å². The highest BCUT2D eigenvalue weighted by molar-refractivity contribution is 9.10. The van der Waals surface area contributed by atoms with Crippen LogP contribution < -0.4 is 0 Å². The molecule has 1 aliphatic carbocycles. The molecule has 37 heavy (non-hydrogen) atoms. The molecule has 0 fully saturated rings. The van der Waals surface area contributed by atoms with Crippen LogP contribution in [-0.4, -0.2) is 11.6 Å². The number of unbranched alkanes of at least 4 members (excludes halogenated alkanes) is 10. The number of halogens is 2. The zero-order valence-electron chi connectivity index (χ0n) is 22.9. The molecule has 0 bridgehead atoms. The number of carbonyl (C=O) groups excluding carboxylic acids is 2. The predicted octanol–water partition coefficient (Wildman–Crippen LogP) is 10.9. The lowest BCUT2D eigenvalue weighted by Gasteiger charge is -2.33. The van der Waals surface area contributed by atoms with Gasteiger partial charge in [-0.2, -0.15) is 0 Å². The van der Waals surface area contributed by atoms with E-state index in [-0.39, 0.29) is 23.4 Å². The zero-order chi connectivity index (χ0) is 26.7. The summed E-state index contributed by atoms with van der Waals surface area (Å²) in [6.45, 7) is 3.78. The minimum Gasteiger partial charge on any atom is -0.300 e. The molecule has 0 aromatic heterocycles. The Morgan fingerprint density at radius 2 is 1.14 bits per heavy atom. The first-order valence-electron chi connectivity index (χ1n) is 14.5. The van der Waals surface area contributed by atoms with Crippen LogP contribution in [0.25, 0.3) is 11.1 Å². The Balaban J connectivity index is 1.55. The Morgan fingerprint density at radius 3 is 1.62 bits per heavy atom. The molecule has 0 saturated heterocycles. The van der Waals surface area contributed by atoms with Crippen molar-refractivity contribution in [2.45, 2.75) is 122 Å². The Labute approximate surface area is 241 Å². The number of benzene rings is 2. The van der Waals surface area contributed by atoms with Crippen LogP contribution in [0.1, 0.15) is 128 Å². The second-order valence-corrected chi connectivity index (χ2v) is 12.8. The van der Waals surface area contributed by atoms with Crippen LogP contribution in [-0.2, 0) is 15.0 Å². The van der Waals surface area contributed by atoms with Gasteiger partial charge in [-0.25, -0.2) is 0 Å². The molecule has 0 spiro atoms. The van der Waals surface area contributed by atoms with Crippen molar-refractivity contribution in [2.75, 3.05) is 0 Å². The van der Waals surface area contributed by atoms with Gasteiger partial charge in [0.05, 0.1) is 6.42 Å². The summed E-state index contributed by atoms with van der Waals surface area (Å²) in [5, 5.41) is 0. The largest absolute Gasteiger partial charge is 0.300 e. The van der Waals surface area contributed by atoms with E-state index in [2.05, 4.69) is 75.2 Å². The van der Waals surface area contributed by atoms with Crippen LogP contribution in [0.5, 0.6) is 0 Å². The summed E-state index contributed by atoms with van der Waals surface area (Å²) in [5.74, 6) is 0.0860. The molecule has 0 saturated carbocycles. The van der Waals surface area contributed by atoms with Gasteiger partial charge in [-0.05, 0) is 72.7 Å². The third-order valence-corrected chi connectivity index (χ3v) is 8.98. The number of Topliss-reactive ketones (excluding diaryl/α,β-unsaturated/α-hetero) is 2. The average molecular weight is 633 g/mol. The Hall–Kier alpha value is -1.26. The molecule has 2 aromatic rings. The van der Waals surface area contributed by atoms with E-state index in [9.17, 15) is 9.59 Å². The van der Waals surface area contributed by atoms with Gasteiger partial charge in [-0.15, -0.1) is 0 Å². The first kappa shape index (κ1) is 30.3. The van der Waals surface area contributed by atoms with Crippen molar-refractivity contribution in [1.82, 2.24) is 0 Å². The molecule has 202 valence electrons. The van der Waals surface area contributed by atoms with Crippen molar-refractivity contribution in [3.8, 4) is 11.1 Å². The summed E-state index contributed by atoms with van der Waals surface area (Å²) >= 11 is 7.54. The fourth-order valence-electron chi connectivity index (χ4n) is 6.13. The summed E-state index contributed by atoms with van der Waals surface area (Å²) in [5.41, 5.74) is 5.99. The molecule has 4 heteroatoms. The second kappa shape index (κ2) is 15.4. The lowest BCUT2D eigenvalue weighted by atomic mass is 9.70. The molecular formula is C33H44Br2O2. The van der Waals surface area contributed by atoms with Crippen LogP contribution in [0, 0.1) is 0 Å². The smallest absolute Gasteiger partial charge is 0.140 e. The highest BCUT2D eigenvalue weighted by Gasteiger charge is 2.42. The fourth-order valence-corrected chi connectivity index (χ4v) is 6.85. The molecule has 0 N–H and O–H groups in total. The van der Waals surface area contributed by atoms with Gasteiger partial charge in [-0.3, -0.25) is 9.59 Å². The van der Waals surface area contributed by atoms with Crippen molar-refractivity contribution in [3.63, 3.8) is 0 Å². The number of fused-ring (bicyclic) bond motifs is 3. The van der Waals surface area contributed by atoms with E-state index in [0.29, 0.717) is 6.42 Å². The van der Waals surface area contributed by atoms with E-state index < -0.39 is 0 Å². The minimum absolute atomic E-state index is 0.0161. The predicted molar refractivity (Wildman–Crippen MR) is 163 cm³/mol. The highest BCUT2D eigenvalue weighted by Crippen LogP contribution is 2.55. The van der Waals surface area contributed by atoms with Crippen LogP contribution in [0.2, 0.25) is 0 Å². The molecule has 3 rings (SSSR count). The number of ketones is 2. The molecule has 0 heterocycles. The van der Waals surface area contributed by atoms with Crippen LogP contribution in [0.15, 0.2) is 45.3 Å². The van der Waals surface area contributed by atoms with E-state index in [0.717, 1.165) is 12.8 Å². The van der Waals surface area contributed by atoms with Crippen LogP contribution in [0.3, 0.4) is 0 Å². The van der Waals surface area contributed by atoms with Gasteiger partial charge in [0.15, 0.2) is 0 Å². The molecule has 1 aliphatic rings. The first-order valence-corrected chi connectivity index (χ1v) is 16.1. The normalized spacial score (nSPS) is 13.4. The van der Waals surface area contributed by atoms with Crippen molar-refractivity contribution >= 4 is 43.4 Å². The van der Waals surface area contributed by atoms with E-state index in [1.165, 1.54) is 115 Å². The number of hydrogen-bond donors (Lipinski definition) is 0. The molecule has 0 aliphatic heterocycles. The summed E-state index contributed by atoms with van der Waals surface area (Å²) in [6, 6.07) is 13.8. The SMILES string of the molecule is CCCCCCC1(CCCCCCCCCCC(=O)CC(C)=O)c2cc(Br)ccc2-c2ccc(Br)cc21. The van der Waals surface area contributed by atoms with E-state index >= 15 is 0 Å². The maximum absolute atomic E-state index is 11.7. The molecule has 0 atom stereocenters. The quantitative estimate of drug-likeness (QED) is 0.121. The Kier molecular flexibility index (Phi) is 12.6. The monoisotopic (exact) mass is 630 g/mol. The third kappa shape index (κ3) is 8.62. The Morgan fingerprint density at radius 1 is 0.676 bits per heavy atom. The molecule has 2 nitrogen and oxygen atoms in total. The van der Waals surface area contributed by atoms with Crippen LogP contribution in [0.4, 0.5) is 0 Å². The first-order chi connectivity index (χ1) is 17.9.